The van der Waals surface area contributed by atoms with Gasteiger partial charge in [0.25, 0.3) is 0 Å². The van der Waals surface area contributed by atoms with Crippen molar-refractivity contribution < 1.29 is 9.94 Å². The molecule has 1 fully saturated rings. The summed E-state index contributed by atoms with van der Waals surface area (Å²) in [4.78, 5) is 2.18. The van der Waals surface area contributed by atoms with Crippen molar-refractivity contribution in [3.05, 3.63) is 35.9 Å². The Kier molecular flexibility index (Phi) is 4.17. The van der Waals surface area contributed by atoms with Gasteiger partial charge in [-0.25, -0.2) is 0 Å². The highest BCUT2D eigenvalue weighted by molar-refractivity contribution is 5.85. The van der Waals surface area contributed by atoms with Crippen LogP contribution in [0.4, 0.5) is 0 Å². The van der Waals surface area contributed by atoms with Crippen molar-refractivity contribution in [1.82, 2.24) is 4.90 Å². The van der Waals surface area contributed by atoms with Gasteiger partial charge in [-0.15, -0.1) is 0 Å². The third-order valence-corrected chi connectivity index (χ3v) is 3.38. The minimum absolute atomic E-state index is 0.0554. The number of amidine groups is 1. The standard InChI is InChI=1S/C13H19N3O2/c1-18-11-7-12(13(14)15-17)16(9-11)8-10-5-3-2-4-6-10/h2-6,11-12,17H,7-9H2,1H3,(H2,14,15)/t11-,12+/m1/s1. The quantitative estimate of drug-likeness (QED) is 0.362. The molecule has 5 heteroatoms. The molecule has 0 spiro atoms. The van der Waals surface area contributed by atoms with E-state index in [1.54, 1.807) is 7.11 Å². The summed E-state index contributed by atoms with van der Waals surface area (Å²) in [5.41, 5.74) is 6.95. The van der Waals surface area contributed by atoms with Crippen molar-refractivity contribution in [3.8, 4) is 0 Å². The van der Waals surface area contributed by atoms with Crippen LogP contribution >= 0.6 is 0 Å². The van der Waals surface area contributed by atoms with Gasteiger partial charge >= 0.3 is 0 Å². The SMILES string of the molecule is CO[C@@H]1C[C@@H](C(N)=NO)N(Cc2ccccc2)C1. The van der Waals surface area contributed by atoms with E-state index in [2.05, 4.69) is 22.2 Å². The van der Waals surface area contributed by atoms with E-state index in [4.69, 9.17) is 15.7 Å². The van der Waals surface area contributed by atoms with Crippen LogP contribution in [0.2, 0.25) is 0 Å². The van der Waals surface area contributed by atoms with E-state index in [0.717, 1.165) is 19.5 Å². The maximum atomic E-state index is 8.83. The number of ether oxygens (including phenoxy) is 1. The fraction of sp³-hybridized carbons (Fsp3) is 0.462. The second-order valence-electron chi connectivity index (χ2n) is 4.55. The molecule has 0 aliphatic carbocycles. The average Bonchev–Trinajstić information content (AvgIpc) is 2.82. The van der Waals surface area contributed by atoms with E-state index in [1.165, 1.54) is 5.56 Å². The van der Waals surface area contributed by atoms with E-state index in [0.29, 0.717) is 0 Å². The molecule has 1 aliphatic rings. The van der Waals surface area contributed by atoms with Crippen molar-refractivity contribution in [2.75, 3.05) is 13.7 Å². The fourth-order valence-corrected chi connectivity index (χ4v) is 2.40. The number of hydrogen-bond acceptors (Lipinski definition) is 4. The summed E-state index contributed by atoms with van der Waals surface area (Å²) in [6.07, 6.45) is 0.901. The van der Waals surface area contributed by atoms with Gasteiger partial charge in [0, 0.05) is 20.2 Å². The minimum atomic E-state index is -0.0554. The lowest BCUT2D eigenvalue weighted by Crippen LogP contribution is -2.40. The Morgan fingerprint density at radius 3 is 2.83 bits per heavy atom. The highest BCUT2D eigenvalue weighted by atomic mass is 16.5. The topological polar surface area (TPSA) is 71.1 Å². The lowest BCUT2D eigenvalue weighted by atomic mass is 10.1. The third kappa shape index (κ3) is 2.80. The lowest BCUT2D eigenvalue weighted by molar-refractivity contribution is 0.107. The van der Waals surface area contributed by atoms with Crippen molar-refractivity contribution >= 4 is 5.84 Å². The predicted octanol–water partition coefficient (Wildman–Crippen LogP) is 1.02. The molecule has 3 N–H and O–H groups in total. The number of oxime groups is 1. The number of rotatable bonds is 4. The van der Waals surface area contributed by atoms with E-state index >= 15 is 0 Å². The highest BCUT2D eigenvalue weighted by Crippen LogP contribution is 2.22. The Bertz CT molecular complexity index is 408. The molecule has 1 aliphatic heterocycles. The number of methoxy groups -OCH3 is 1. The van der Waals surface area contributed by atoms with Gasteiger partial charge in [-0.3, -0.25) is 4.90 Å². The van der Waals surface area contributed by atoms with E-state index < -0.39 is 0 Å². The molecule has 1 aromatic carbocycles. The maximum Gasteiger partial charge on any atom is 0.156 e. The van der Waals surface area contributed by atoms with Crippen LogP contribution in [0.5, 0.6) is 0 Å². The Hall–Kier alpha value is -1.59. The Balaban J connectivity index is 2.09. The van der Waals surface area contributed by atoms with Gasteiger partial charge in [-0.2, -0.15) is 0 Å². The van der Waals surface area contributed by atoms with Crippen molar-refractivity contribution in [3.63, 3.8) is 0 Å². The van der Waals surface area contributed by atoms with Crippen LogP contribution in [0.25, 0.3) is 0 Å². The molecular formula is C13H19N3O2. The van der Waals surface area contributed by atoms with Gasteiger partial charge in [0.15, 0.2) is 5.84 Å². The fourth-order valence-electron chi connectivity index (χ4n) is 2.40. The van der Waals surface area contributed by atoms with Gasteiger partial charge in [0.05, 0.1) is 12.1 Å². The third-order valence-electron chi connectivity index (χ3n) is 3.38. The van der Waals surface area contributed by atoms with E-state index in [9.17, 15) is 0 Å². The average molecular weight is 249 g/mol. The summed E-state index contributed by atoms with van der Waals surface area (Å²) < 4.78 is 5.37. The lowest BCUT2D eigenvalue weighted by Gasteiger charge is -2.22. The summed E-state index contributed by atoms with van der Waals surface area (Å²) in [5.74, 6) is 0.255. The number of benzene rings is 1. The van der Waals surface area contributed by atoms with Gasteiger partial charge < -0.3 is 15.7 Å². The van der Waals surface area contributed by atoms with E-state index in [1.807, 2.05) is 18.2 Å². The van der Waals surface area contributed by atoms with Crippen molar-refractivity contribution in [1.29, 1.82) is 0 Å². The van der Waals surface area contributed by atoms with E-state index in [-0.39, 0.29) is 18.0 Å². The molecule has 1 aromatic rings. The normalized spacial score (nSPS) is 25.5. The van der Waals surface area contributed by atoms with Gasteiger partial charge in [-0.05, 0) is 12.0 Å². The van der Waals surface area contributed by atoms with Crippen LogP contribution in [0, 0.1) is 0 Å². The van der Waals surface area contributed by atoms with Crippen molar-refractivity contribution in [2.24, 2.45) is 10.9 Å². The van der Waals surface area contributed by atoms with Crippen LogP contribution in [0.3, 0.4) is 0 Å². The number of likely N-dealkylation sites (tertiary alicyclic amines) is 1. The predicted molar refractivity (Wildman–Crippen MR) is 69.5 cm³/mol. The van der Waals surface area contributed by atoms with Crippen LogP contribution in [-0.2, 0) is 11.3 Å². The molecule has 0 amide bonds. The first-order valence-electron chi connectivity index (χ1n) is 6.02. The Labute approximate surface area is 107 Å². The molecule has 5 nitrogen and oxygen atoms in total. The van der Waals surface area contributed by atoms with Crippen LogP contribution < -0.4 is 5.73 Å². The molecule has 2 rings (SSSR count). The monoisotopic (exact) mass is 249 g/mol. The zero-order valence-electron chi connectivity index (χ0n) is 10.5. The summed E-state index contributed by atoms with van der Waals surface area (Å²) in [6, 6.07) is 10.1. The smallest absolute Gasteiger partial charge is 0.156 e. The van der Waals surface area contributed by atoms with Gasteiger partial charge in [0.1, 0.15) is 0 Å². The molecule has 18 heavy (non-hydrogen) atoms. The molecule has 0 unspecified atom stereocenters. The first kappa shape index (κ1) is 12.9. The molecule has 0 saturated carbocycles. The number of hydrogen-bond donors (Lipinski definition) is 2. The molecule has 1 saturated heterocycles. The Morgan fingerprint density at radius 1 is 1.50 bits per heavy atom. The first-order chi connectivity index (χ1) is 8.74. The first-order valence-corrected chi connectivity index (χ1v) is 6.02. The summed E-state index contributed by atoms with van der Waals surface area (Å²) in [5, 5.41) is 12.0. The van der Waals surface area contributed by atoms with Crippen LogP contribution in [0.15, 0.2) is 35.5 Å². The second kappa shape index (κ2) is 5.84. The van der Waals surface area contributed by atoms with Crippen LogP contribution in [0.1, 0.15) is 12.0 Å². The molecule has 1 heterocycles. The largest absolute Gasteiger partial charge is 0.409 e. The number of nitrogens with two attached hydrogens (primary N) is 1. The molecule has 98 valence electrons. The minimum Gasteiger partial charge on any atom is -0.409 e. The summed E-state index contributed by atoms with van der Waals surface area (Å²) >= 11 is 0. The Morgan fingerprint density at radius 2 is 2.22 bits per heavy atom. The zero-order chi connectivity index (χ0) is 13.0. The highest BCUT2D eigenvalue weighted by Gasteiger charge is 2.34. The molecule has 2 atom stereocenters. The van der Waals surface area contributed by atoms with Gasteiger partial charge in [0.2, 0.25) is 0 Å². The molecule has 0 bridgehead atoms. The summed E-state index contributed by atoms with van der Waals surface area (Å²) in [7, 11) is 1.69. The molecule has 0 radical (unpaired) electrons. The van der Waals surface area contributed by atoms with Crippen LogP contribution in [-0.4, -0.2) is 41.7 Å². The molecular weight excluding hydrogens is 230 g/mol. The zero-order valence-corrected chi connectivity index (χ0v) is 10.5. The summed E-state index contributed by atoms with van der Waals surface area (Å²) in [6.45, 7) is 1.58. The second-order valence-corrected chi connectivity index (χ2v) is 4.55. The maximum absolute atomic E-state index is 8.83. The van der Waals surface area contributed by atoms with Gasteiger partial charge in [-0.1, -0.05) is 35.5 Å². The number of nitrogens with zero attached hydrogens (tertiary/aromatic N) is 2. The molecule has 0 aromatic heterocycles. The van der Waals surface area contributed by atoms with Crippen molar-refractivity contribution in [2.45, 2.75) is 25.1 Å².